The molecule has 0 N–H and O–H groups in total. The topological polar surface area (TPSA) is 54.5 Å². The van der Waals surface area contributed by atoms with E-state index in [1.165, 1.54) is 6.07 Å². The van der Waals surface area contributed by atoms with Crippen LogP contribution in [0.15, 0.2) is 18.2 Å². The molecule has 2 rings (SSSR count). The van der Waals surface area contributed by atoms with Crippen molar-refractivity contribution in [1.29, 1.82) is 0 Å². The molecule has 0 aliphatic carbocycles. The molecule has 1 aromatic carbocycles. The van der Waals surface area contributed by atoms with Crippen LogP contribution in [0.25, 0.3) is 0 Å². The van der Waals surface area contributed by atoms with E-state index in [-0.39, 0.29) is 29.5 Å². The van der Waals surface area contributed by atoms with Crippen LogP contribution in [-0.4, -0.2) is 50.2 Å². The number of carbonyl (C=O) groups is 1. The van der Waals surface area contributed by atoms with Gasteiger partial charge in [0, 0.05) is 31.6 Å². The van der Waals surface area contributed by atoms with Crippen LogP contribution in [0.5, 0.6) is 0 Å². The fourth-order valence-corrected chi connectivity index (χ4v) is 3.42. The fraction of sp³-hybridized carbons (Fsp3) is 0.500. The Hall–Kier alpha value is -1.27. The van der Waals surface area contributed by atoms with Gasteiger partial charge in [-0.05, 0) is 18.6 Å². The summed E-state index contributed by atoms with van der Waals surface area (Å²) in [6, 6.07) is 4.48. The first-order valence-electron chi connectivity index (χ1n) is 6.59. The molecule has 4 nitrogen and oxygen atoms in total. The molecule has 1 aromatic rings. The molecule has 0 aromatic heterocycles. The van der Waals surface area contributed by atoms with Crippen LogP contribution in [0, 0.1) is 12.7 Å². The van der Waals surface area contributed by atoms with E-state index >= 15 is 0 Å². The monoisotopic (exact) mass is 299 g/mol. The first-order valence-corrected chi connectivity index (χ1v) is 8.42. The lowest BCUT2D eigenvalue weighted by atomic mass is 10.1. The summed E-state index contributed by atoms with van der Waals surface area (Å²) in [5, 5.41) is 0. The van der Waals surface area contributed by atoms with E-state index in [1.807, 2.05) is 4.90 Å². The van der Waals surface area contributed by atoms with Crippen molar-refractivity contribution < 1.29 is 17.6 Å². The number of hydrogen-bond acceptors (Lipinski definition) is 4. The van der Waals surface area contributed by atoms with Gasteiger partial charge in [-0.2, -0.15) is 0 Å². The third-order valence-electron chi connectivity index (χ3n) is 3.59. The van der Waals surface area contributed by atoms with Crippen LogP contribution >= 0.6 is 0 Å². The zero-order valence-electron chi connectivity index (χ0n) is 11.4. The number of benzene rings is 1. The molecule has 0 unspecified atom stereocenters. The number of aryl methyl sites for hydroxylation is 1. The maximum atomic E-state index is 13.4. The van der Waals surface area contributed by atoms with Gasteiger partial charge in [0.2, 0.25) is 0 Å². The first kappa shape index (κ1) is 15.1. The van der Waals surface area contributed by atoms with Crippen LogP contribution in [0.1, 0.15) is 22.3 Å². The van der Waals surface area contributed by atoms with E-state index in [0.29, 0.717) is 30.8 Å². The maximum absolute atomic E-state index is 13.4. The Morgan fingerprint density at radius 1 is 1.30 bits per heavy atom. The van der Waals surface area contributed by atoms with Crippen LogP contribution in [-0.2, 0) is 9.84 Å². The molecule has 1 heterocycles. The average Bonchev–Trinajstić information content (AvgIpc) is 2.40. The number of sulfone groups is 1. The summed E-state index contributed by atoms with van der Waals surface area (Å²) < 4.78 is 36.0. The lowest BCUT2D eigenvalue weighted by molar-refractivity contribution is 0.0965. The molecule has 0 atom stereocenters. The molecular formula is C14H18FNO3S. The zero-order chi connectivity index (χ0) is 14.8. The molecule has 0 spiro atoms. The lowest BCUT2D eigenvalue weighted by Gasteiger charge is -2.26. The van der Waals surface area contributed by atoms with E-state index < -0.39 is 9.84 Å². The summed E-state index contributed by atoms with van der Waals surface area (Å²) in [7, 11) is -2.89. The van der Waals surface area contributed by atoms with Crippen molar-refractivity contribution in [3.05, 3.63) is 35.1 Å². The van der Waals surface area contributed by atoms with Gasteiger partial charge in [-0.3, -0.25) is 4.79 Å². The number of Topliss-reactive ketones (excluding diaryl/α,β-unsaturated/α-hetero) is 1. The Morgan fingerprint density at radius 3 is 2.55 bits per heavy atom. The van der Waals surface area contributed by atoms with E-state index in [4.69, 9.17) is 0 Å². The van der Waals surface area contributed by atoms with Crippen molar-refractivity contribution in [3.63, 3.8) is 0 Å². The Bertz CT molecular complexity index is 599. The Balaban J connectivity index is 1.88. The molecule has 0 bridgehead atoms. The van der Waals surface area contributed by atoms with Gasteiger partial charge in [0.05, 0.1) is 11.5 Å². The average molecular weight is 299 g/mol. The molecule has 0 radical (unpaired) electrons. The minimum Gasteiger partial charge on any atom is -0.301 e. The minimum absolute atomic E-state index is 0.114. The molecular weight excluding hydrogens is 281 g/mol. The second-order valence-corrected chi connectivity index (χ2v) is 7.43. The van der Waals surface area contributed by atoms with Gasteiger partial charge in [-0.1, -0.05) is 12.1 Å². The van der Waals surface area contributed by atoms with Gasteiger partial charge in [0.25, 0.3) is 0 Å². The summed E-state index contributed by atoms with van der Waals surface area (Å²) >= 11 is 0. The van der Waals surface area contributed by atoms with E-state index in [0.717, 1.165) is 0 Å². The predicted octanol–water partition coefficient (Wildman–Crippen LogP) is 1.44. The van der Waals surface area contributed by atoms with E-state index in [2.05, 4.69) is 0 Å². The number of rotatable bonds is 4. The highest BCUT2D eigenvalue weighted by atomic mass is 32.2. The second-order valence-electron chi connectivity index (χ2n) is 5.13. The number of carbonyl (C=O) groups excluding carboxylic acids is 1. The highest BCUT2D eigenvalue weighted by molar-refractivity contribution is 7.91. The Labute approximate surface area is 118 Å². The summed E-state index contributed by atoms with van der Waals surface area (Å²) in [4.78, 5) is 13.9. The molecule has 6 heteroatoms. The number of nitrogens with zero attached hydrogens (tertiary/aromatic N) is 1. The van der Waals surface area contributed by atoms with Crippen molar-refractivity contribution in [3.8, 4) is 0 Å². The van der Waals surface area contributed by atoms with Crippen molar-refractivity contribution in [1.82, 2.24) is 4.90 Å². The van der Waals surface area contributed by atoms with Gasteiger partial charge in [-0.15, -0.1) is 0 Å². The summed E-state index contributed by atoms with van der Waals surface area (Å²) in [5.41, 5.74) is 0.889. The third kappa shape index (κ3) is 3.86. The number of hydrogen-bond donors (Lipinski definition) is 0. The van der Waals surface area contributed by atoms with E-state index in [1.54, 1.807) is 19.1 Å². The quantitative estimate of drug-likeness (QED) is 0.789. The highest BCUT2D eigenvalue weighted by Crippen LogP contribution is 2.12. The molecule has 110 valence electrons. The van der Waals surface area contributed by atoms with Crippen LogP contribution in [0.4, 0.5) is 4.39 Å². The lowest BCUT2D eigenvalue weighted by Crippen LogP contribution is -2.41. The molecule has 1 aliphatic heterocycles. The highest BCUT2D eigenvalue weighted by Gasteiger charge is 2.21. The predicted molar refractivity (Wildman–Crippen MR) is 75.2 cm³/mol. The standard InChI is InChI=1S/C14H18FNO3S/c1-11-2-3-12(10-13(11)15)14(17)4-5-16-6-8-20(18,19)9-7-16/h2-3,10H,4-9H2,1H3. The van der Waals surface area contributed by atoms with Gasteiger partial charge in [-0.25, -0.2) is 12.8 Å². The fourth-order valence-electron chi connectivity index (χ4n) is 2.14. The van der Waals surface area contributed by atoms with Crippen LogP contribution in [0.3, 0.4) is 0 Å². The van der Waals surface area contributed by atoms with Gasteiger partial charge in [0.1, 0.15) is 5.82 Å². The van der Waals surface area contributed by atoms with Gasteiger partial charge >= 0.3 is 0 Å². The van der Waals surface area contributed by atoms with Crippen molar-refractivity contribution in [2.45, 2.75) is 13.3 Å². The summed E-state index contributed by atoms with van der Waals surface area (Å²) in [6.45, 7) is 3.11. The van der Waals surface area contributed by atoms with Crippen LogP contribution < -0.4 is 0 Å². The number of ketones is 1. The summed E-state index contributed by atoms with van der Waals surface area (Å²) in [5.74, 6) is -0.182. The van der Waals surface area contributed by atoms with Crippen LogP contribution in [0.2, 0.25) is 0 Å². The van der Waals surface area contributed by atoms with Crippen molar-refractivity contribution >= 4 is 15.6 Å². The zero-order valence-corrected chi connectivity index (χ0v) is 12.2. The molecule has 20 heavy (non-hydrogen) atoms. The largest absolute Gasteiger partial charge is 0.301 e. The Kier molecular flexibility index (Phi) is 4.55. The first-order chi connectivity index (χ1) is 9.37. The molecule has 0 amide bonds. The van der Waals surface area contributed by atoms with E-state index in [9.17, 15) is 17.6 Å². The third-order valence-corrected chi connectivity index (χ3v) is 5.20. The smallest absolute Gasteiger partial charge is 0.164 e. The second kappa shape index (κ2) is 6.01. The Morgan fingerprint density at radius 2 is 1.95 bits per heavy atom. The van der Waals surface area contributed by atoms with Crippen molar-refractivity contribution in [2.75, 3.05) is 31.1 Å². The van der Waals surface area contributed by atoms with Gasteiger partial charge in [0.15, 0.2) is 15.6 Å². The number of halogens is 1. The molecule has 0 saturated carbocycles. The normalized spacial score (nSPS) is 18.9. The molecule has 1 saturated heterocycles. The molecule has 1 aliphatic rings. The SMILES string of the molecule is Cc1ccc(C(=O)CCN2CCS(=O)(=O)CC2)cc1F. The maximum Gasteiger partial charge on any atom is 0.164 e. The molecule has 1 fully saturated rings. The minimum atomic E-state index is -2.89. The van der Waals surface area contributed by atoms with Gasteiger partial charge < -0.3 is 4.90 Å². The summed E-state index contributed by atoms with van der Waals surface area (Å²) in [6.07, 6.45) is 0.280. The van der Waals surface area contributed by atoms with Crippen molar-refractivity contribution in [2.24, 2.45) is 0 Å².